The van der Waals surface area contributed by atoms with Gasteiger partial charge in [-0.3, -0.25) is 4.79 Å². The number of carbonyl (C=O) groups excluding carboxylic acids is 1. The van der Waals surface area contributed by atoms with E-state index < -0.39 is 0 Å². The number of aryl methyl sites for hydroxylation is 1. The fraction of sp³-hybridized carbons (Fsp3) is 0.133. The van der Waals surface area contributed by atoms with Crippen molar-refractivity contribution < 1.29 is 4.79 Å². The van der Waals surface area contributed by atoms with Crippen LogP contribution in [0.25, 0.3) is 5.69 Å². The summed E-state index contributed by atoms with van der Waals surface area (Å²) < 4.78 is 3.59. The second-order valence-electron chi connectivity index (χ2n) is 4.61. The molecule has 0 aliphatic heterocycles. The average molecular weight is 298 g/mol. The van der Waals surface area contributed by atoms with Crippen molar-refractivity contribution in [2.75, 3.05) is 0 Å². The summed E-state index contributed by atoms with van der Waals surface area (Å²) in [5.74, 6) is -0.166. The van der Waals surface area contributed by atoms with Crippen molar-refractivity contribution in [3.05, 3.63) is 64.7 Å². The smallest absolute Gasteiger partial charge is 0.252 e. The molecule has 3 aromatic rings. The first-order chi connectivity index (χ1) is 10.2. The molecule has 2 aromatic heterocycles. The fourth-order valence-electron chi connectivity index (χ4n) is 1.93. The highest BCUT2D eigenvalue weighted by molar-refractivity contribution is 7.07. The molecule has 5 nitrogen and oxygen atoms in total. The van der Waals surface area contributed by atoms with E-state index in [-0.39, 0.29) is 12.3 Å². The van der Waals surface area contributed by atoms with Gasteiger partial charge >= 0.3 is 0 Å². The Bertz CT molecular complexity index is 813. The van der Waals surface area contributed by atoms with Crippen molar-refractivity contribution in [1.29, 1.82) is 0 Å². The van der Waals surface area contributed by atoms with Crippen LogP contribution in [0.2, 0.25) is 0 Å². The van der Waals surface area contributed by atoms with Gasteiger partial charge in [-0.2, -0.15) is 10.1 Å². The van der Waals surface area contributed by atoms with Gasteiger partial charge < -0.3 is 4.57 Å². The molecule has 0 saturated heterocycles. The van der Waals surface area contributed by atoms with Crippen LogP contribution in [-0.4, -0.2) is 20.3 Å². The fourth-order valence-corrected chi connectivity index (χ4v) is 2.68. The predicted molar refractivity (Wildman–Crippen MR) is 81.1 cm³/mol. The number of amides is 1. The minimum Gasteiger partial charge on any atom is -0.327 e. The summed E-state index contributed by atoms with van der Waals surface area (Å²) >= 11 is 1.45. The molecule has 0 radical (unpaired) electrons. The van der Waals surface area contributed by atoms with E-state index in [1.54, 1.807) is 10.9 Å². The van der Waals surface area contributed by atoms with E-state index in [9.17, 15) is 4.79 Å². The summed E-state index contributed by atoms with van der Waals surface area (Å²) in [6, 6.07) is 9.79. The predicted octanol–water partition coefficient (Wildman–Crippen LogP) is 1.94. The van der Waals surface area contributed by atoms with Crippen LogP contribution in [0.15, 0.2) is 59.3 Å². The summed E-state index contributed by atoms with van der Waals surface area (Å²) in [6.45, 7) is 0. The zero-order valence-corrected chi connectivity index (χ0v) is 12.3. The van der Waals surface area contributed by atoms with Gasteiger partial charge in [0.2, 0.25) is 0 Å². The van der Waals surface area contributed by atoms with Crippen LogP contribution in [0.5, 0.6) is 0 Å². The Balaban J connectivity index is 1.76. The van der Waals surface area contributed by atoms with Gasteiger partial charge in [-0.15, -0.1) is 11.3 Å². The largest absolute Gasteiger partial charge is 0.327 e. The molecule has 0 N–H and O–H groups in total. The standard InChI is InChI=1S/C15H14N4OS/c1-18-7-8-21-15(18)17-14(20)9-12-10-16-19(11-12)13-5-3-2-4-6-13/h2-8,10-11H,9H2,1H3. The zero-order valence-electron chi connectivity index (χ0n) is 11.5. The van der Waals surface area contributed by atoms with E-state index in [1.165, 1.54) is 11.3 Å². The molecule has 1 aromatic carbocycles. The number of hydrogen-bond donors (Lipinski definition) is 0. The van der Waals surface area contributed by atoms with Crippen molar-refractivity contribution in [2.24, 2.45) is 12.0 Å². The van der Waals surface area contributed by atoms with Crippen LogP contribution < -0.4 is 4.80 Å². The van der Waals surface area contributed by atoms with Crippen LogP contribution in [-0.2, 0) is 18.3 Å². The molecule has 6 heteroatoms. The third-order valence-electron chi connectivity index (χ3n) is 2.99. The Kier molecular flexibility index (Phi) is 3.79. The highest BCUT2D eigenvalue weighted by Crippen LogP contribution is 2.08. The molecular weight excluding hydrogens is 284 g/mol. The maximum Gasteiger partial charge on any atom is 0.252 e. The minimum atomic E-state index is -0.166. The summed E-state index contributed by atoms with van der Waals surface area (Å²) in [7, 11) is 1.87. The number of carbonyl (C=O) groups is 1. The van der Waals surface area contributed by atoms with Crippen molar-refractivity contribution in [2.45, 2.75) is 6.42 Å². The molecule has 0 unspecified atom stereocenters. The van der Waals surface area contributed by atoms with E-state index in [0.29, 0.717) is 4.80 Å². The lowest BCUT2D eigenvalue weighted by molar-refractivity contribution is -0.117. The van der Waals surface area contributed by atoms with Gasteiger partial charge in [0.05, 0.1) is 18.3 Å². The van der Waals surface area contributed by atoms with E-state index in [4.69, 9.17) is 0 Å². The topological polar surface area (TPSA) is 52.2 Å². The van der Waals surface area contributed by atoms with Crippen molar-refractivity contribution in [3.8, 4) is 5.69 Å². The molecule has 0 aliphatic rings. The van der Waals surface area contributed by atoms with Gasteiger partial charge in [0.25, 0.3) is 5.91 Å². The van der Waals surface area contributed by atoms with E-state index in [2.05, 4.69) is 10.1 Å². The van der Waals surface area contributed by atoms with Crippen LogP contribution in [0, 0.1) is 0 Å². The molecule has 1 amide bonds. The third-order valence-corrected chi connectivity index (χ3v) is 3.84. The normalized spacial score (nSPS) is 11.8. The van der Waals surface area contributed by atoms with E-state index >= 15 is 0 Å². The van der Waals surface area contributed by atoms with E-state index in [1.807, 2.05) is 59.7 Å². The number of para-hydroxylation sites is 1. The molecule has 0 saturated carbocycles. The molecule has 0 atom stereocenters. The molecule has 0 spiro atoms. The van der Waals surface area contributed by atoms with Gasteiger partial charge in [0.1, 0.15) is 0 Å². The number of hydrogen-bond acceptors (Lipinski definition) is 3. The maximum atomic E-state index is 12.0. The number of aromatic nitrogens is 3. The number of rotatable bonds is 3. The summed E-state index contributed by atoms with van der Waals surface area (Å²) in [5, 5.41) is 6.18. The Morgan fingerprint density at radius 1 is 1.33 bits per heavy atom. The average Bonchev–Trinajstić information content (AvgIpc) is 3.10. The minimum absolute atomic E-state index is 0.166. The lowest BCUT2D eigenvalue weighted by atomic mass is 10.2. The third kappa shape index (κ3) is 3.17. The molecule has 0 aliphatic carbocycles. The van der Waals surface area contributed by atoms with Crippen LogP contribution in [0.1, 0.15) is 5.56 Å². The number of nitrogens with zero attached hydrogens (tertiary/aromatic N) is 4. The maximum absolute atomic E-state index is 12.0. The van der Waals surface area contributed by atoms with Crippen LogP contribution >= 0.6 is 11.3 Å². The molecule has 0 fully saturated rings. The van der Waals surface area contributed by atoms with Gasteiger partial charge in [0, 0.05) is 24.8 Å². The first-order valence-corrected chi connectivity index (χ1v) is 7.37. The Hall–Kier alpha value is -2.47. The van der Waals surface area contributed by atoms with Crippen molar-refractivity contribution in [1.82, 2.24) is 14.3 Å². The van der Waals surface area contributed by atoms with E-state index in [0.717, 1.165) is 11.3 Å². The monoisotopic (exact) mass is 298 g/mol. The molecule has 0 bridgehead atoms. The van der Waals surface area contributed by atoms with Gasteiger partial charge in [-0.05, 0) is 17.7 Å². The van der Waals surface area contributed by atoms with Crippen LogP contribution in [0.4, 0.5) is 0 Å². The Morgan fingerprint density at radius 3 is 2.86 bits per heavy atom. The molecule has 21 heavy (non-hydrogen) atoms. The quantitative estimate of drug-likeness (QED) is 0.742. The zero-order chi connectivity index (χ0) is 14.7. The van der Waals surface area contributed by atoms with Crippen molar-refractivity contribution >= 4 is 17.2 Å². The van der Waals surface area contributed by atoms with Crippen LogP contribution in [0.3, 0.4) is 0 Å². The van der Waals surface area contributed by atoms with Gasteiger partial charge in [-0.1, -0.05) is 18.2 Å². The second-order valence-corrected chi connectivity index (χ2v) is 5.48. The highest BCUT2D eigenvalue weighted by atomic mass is 32.1. The number of benzene rings is 1. The number of thiazole rings is 1. The molecular formula is C15H14N4OS. The molecule has 2 heterocycles. The summed E-state index contributed by atoms with van der Waals surface area (Å²) in [4.78, 5) is 16.8. The highest BCUT2D eigenvalue weighted by Gasteiger charge is 2.06. The second kappa shape index (κ2) is 5.88. The molecule has 106 valence electrons. The molecule has 3 rings (SSSR count). The van der Waals surface area contributed by atoms with Crippen molar-refractivity contribution in [3.63, 3.8) is 0 Å². The Labute approximate surface area is 125 Å². The first kappa shape index (κ1) is 13.5. The summed E-state index contributed by atoms with van der Waals surface area (Å²) in [6.07, 6.45) is 5.70. The lowest BCUT2D eigenvalue weighted by Gasteiger charge is -1.98. The van der Waals surface area contributed by atoms with Gasteiger partial charge in [0.15, 0.2) is 4.80 Å². The Morgan fingerprint density at radius 2 is 2.14 bits per heavy atom. The van der Waals surface area contributed by atoms with Gasteiger partial charge in [-0.25, -0.2) is 4.68 Å². The lowest BCUT2D eigenvalue weighted by Crippen LogP contribution is -2.13. The SMILES string of the molecule is Cn1ccsc1=NC(=O)Cc1cnn(-c2ccccc2)c1. The summed E-state index contributed by atoms with van der Waals surface area (Å²) in [5.41, 5.74) is 1.82. The first-order valence-electron chi connectivity index (χ1n) is 6.49.